The molecule has 0 radical (unpaired) electrons. The summed E-state index contributed by atoms with van der Waals surface area (Å²) in [5.41, 5.74) is 2.24. The quantitative estimate of drug-likeness (QED) is 0.706. The number of nitrogens with zero attached hydrogens (tertiary/aromatic N) is 2. The van der Waals surface area contributed by atoms with E-state index in [0.717, 1.165) is 10.0 Å². The molecule has 1 aromatic rings. The maximum absolute atomic E-state index is 10.9. The van der Waals surface area contributed by atoms with Crippen LogP contribution in [0.5, 0.6) is 0 Å². The molecular formula is C11H11BrN2O. The van der Waals surface area contributed by atoms with Gasteiger partial charge in [0.05, 0.1) is 5.56 Å². The Hall–Kier alpha value is -1.16. The fourth-order valence-corrected chi connectivity index (χ4v) is 2.04. The Morgan fingerprint density at radius 1 is 1.53 bits per heavy atom. The molecule has 1 aromatic carbocycles. The van der Waals surface area contributed by atoms with Crippen LogP contribution in [0.3, 0.4) is 0 Å². The maximum Gasteiger partial charge on any atom is 0.204 e. The van der Waals surface area contributed by atoms with E-state index in [-0.39, 0.29) is 5.90 Å². The Bertz CT molecular complexity index is 452. The number of hydrogen-bond acceptors (Lipinski definition) is 2. The lowest BCUT2D eigenvalue weighted by Gasteiger charge is -1.97. The predicted molar refractivity (Wildman–Crippen MR) is 61.2 cm³/mol. The van der Waals surface area contributed by atoms with Crippen molar-refractivity contribution >= 4 is 28.0 Å². The molecule has 78 valence electrons. The Kier molecular flexibility index (Phi) is 2.86. The van der Waals surface area contributed by atoms with Gasteiger partial charge in [-0.05, 0) is 45.7 Å². The van der Waals surface area contributed by atoms with Gasteiger partial charge in [0, 0.05) is 16.8 Å². The summed E-state index contributed by atoms with van der Waals surface area (Å²) in [6.45, 7) is 2.72. The average Bonchev–Trinajstić information content (AvgIpc) is 2.56. The van der Waals surface area contributed by atoms with E-state index < -0.39 is 0 Å². The van der Waals surface area contributed by atoms with Gasteiger partial charge in [0.2, 0.25) is 6.21 Å². The van der Waals surface area contributed by atoms with Crippen LogP contribution in [0.15, 0.2) is 27.8 Å². The van der Waals surface area contributed by atoms with Crippen molar-refractivity contribution in [3.63, 3.8) is 0 Å². The highest BCUT2D eigenvalue weighted by molar-refractivity contribution is 9.10. The molecule has 0 unspecified atom stereocenters. The van der Waals surface area contributed by atoms with Crippen molar-refractivity contribution in [2.75, 3.05) is 6.54 Å². The van der Waals surface area contributed by atoms with Crippen LogP contribution in [0.2, 0.25) is 0 Å². The van der Waals surface area contributed by atoms with E-state index in [2.05, 4.69) is 21.0 Å². The minimum absolute atomic E-state index is 0.0468. The van der Waals surface area contributed by atoms with Gasteiger partial charge in [0.1, 0.15) is 0 Å². The van der Waals surface area contributed by atoms with Gasteiger partial charge >= 0.3 is 0 Å². The SMILES string of the molecule is Cc1ccc(/C=[N+]2/CCC([O-])=N2)c(Br)c1. The lowest BCUT2D eigenvalue weighted by Crippen LogP contribution is -2.13. The molecule has 4 heteroatoms. The summed E-state index contributed by atoms with van der Waals surface area (Å²) in [5, 5.41) is 14.8. The summed E-state index contributed by atoms with van der Waals surface area (Å²) in [4.78, 5) is 0. The van der Waals surface area contributed by atoms with Gasteiger partial charge < -0.3 is 5.11 Å². The first-order valence-corrected chi connectivity index (χ1v) is 5.56. The zero-order valence-corrected chi connectivity index (χ0v) is 9.99. The summed E-state index contributed by atoms with van der Waals surface area (Å²) in [6, 6.07) is 6.09. The van der Waals surface area contributed by atoms with Crippen LogP contribution < -0.4 is 5.11 Å². The molecule has 15 heavy (non-hydrogen) atoms. The second kappa shape index (κ2) is 4.14. The summed E-state index contributed by atoms with van der Waals surface area (Å²) in [5.74, 6) is -0.0468. The fraction of sp³-hybridized carbons (Fsp3) is 0.273. The number of hydrogen-bond donors (Lipinski definition) is 0. The van der Waals surface area contributed by atoms with Gasteiger partial charge in [-0.1, -0.05) is 10.8 Å². The highest BCUT2D eigenvalue weighted by atomic mass is 79.9. The zero-order chi connectivity index (χ0) is 10.8. The van der Waals surface area contributed by atoms with Gasteiger partial charge in [-0.3, -0.25) is 0 Å². The van der Waals surface area contributed by atoms with Crippen LogP contribution in [0.25, 0.3) is 0 Å². The molecule has 0 fully saturated rings. The van der Waals surface area contributed by atoms with Gasteiger partial charge in [-0.25, -0.2) is 0 Å². The summed E-state index contributed by atoms with van der Waals surface area (Å²) >= 11 is 3.48. The number of benzene rings is 1. The molecule has 2 rings (SSSR count). The van der Waals surface area contributed by atoms with Crippen molar-refractivity contribution in [2.24, 2.45) is 5.10 Å². The van der Waals surface area contributed by atoms with Crippen molar-refractivity contribution in [2.45, 2.75) is 13.3 Å². The summed E-state index contributed by atoms with van der Waals surface area (Å²) in [7, 11) is 0. The van der Waals surface area contributed by atoms with Crippen LogP contribution in [0.1, 0.15) is 17.5 Å². The lowest BCUT2D eigenvalue weighted by atomic mass is 10.2. The van der Waals surface area contributed by atoms with Crippen molar-refractivity contribution in [1.82, 2.24) is 0 Å². The Labute approximate surface area is 96.9 Å². The van der Waals surface area contributed by atoms with Crippen LogP contribution in [-0.4, -0.2) is 23.3 Å². The number of rotatable bonds is 1. The molecule has 0 saturated carbocycles. The van der Waals surface area contributed by atoms with E-state index in [9.17, 15) is 5.11 Å². The predicted octanol–water partition coefficient (Wildman–Crippen LogP) is 1.27. The molecule has 0 atom stereocenters. The smallest absolute Gasteiger partial charge is 0.204 e. The third-order valence-electron chi connectivity index (χ3n) is 2.24. The van der Waals surface area contributed by atoms with Gasteiger partial charge in [-0.15, -0.1) is 0 Å². The molecule has 0 N–H and O–H groups in total. The molecule has 1 aliphatic heterocycles. The minimum atomic E-state index is -0.0468. The highest BCUT2D eigenvalue weighted by Gasteiger charge is 2.12. The third kappa shape index (κ3) is 2.45. The first-order valence-electron chi connectivity index (χ1n) is 4.77. The van der Waals surface area contributed by atoms with E-state index in [1.807, 2.05) is 31.3 Å². The van der Waals surface area contributed by atoms with Crippen LogP contribution in [-0.2, 0) is 0 Å². The van der Waals surface area contributed by atoms with Crippen molar-refractivity contribution in [3.8, 4) is 0 Å². The summed E-state index contributed by atoms with van der Waals surface area (Å²) < 4.78 is 2.72. The van der Waals surface area contributed by atoms with Crippen LogP contribution in [0.4, 0.5) is 0 Å². The molecule has 0 spiro atoms. The number of halogens is 1. The van der Waals surface area contributed by atoms with Crippen molar-refractivity contribution in [3.05, 3.63) is 33.8 Å². The topological polar surface area (TPSA) is 38.4 Å². The minimum Gasteiger partial charge on any atom is -0.857 e. The fourth-order valence-electron chi connectivity index (χ4n) is 1.44. The monoisotopic (exact) mass is 266 g/mol. The Balaban J connectivity index is 2.32. The molecule has 0 saturated heterocycles. The molecule has 3 nitrogen and oxygen atoms in total. The maximum atomic E-state index is 10.9. The summed E-state index contributed by atoms with van der Waals surface area (Å²) in [6.07, 6.45) is 2.40. The number of hydrazone groups is 1. The largest absolute Gasteiger partial charge is 0.857 e. The Morgan fingerprint density at radius 3 is 2.93 bits per heavy atom. The van der Waals surface area contributed by atoms with E-state index in [4.69, 9.17) is 0 Å². The first-order chi connectivity index (χ1) is 7.15. The zero-order valence-electron chi connectivity index (χ0n) is 8.40. The van der Waals surface area contributed by atoms with Gasteiger partial charge in [0.15, 0.2) is 6.54 Å². The van der Waals surface area contributed by atoms with Gasteiger partial charge in [0.25, 0.3) is 0 Å². The second-order valence-electron chi connectivity index (χ2n) is 3.56. The van der Waals surface area contributed by atoms with Crippen molar-refractivity contribution in [1.29, 1.82) is 0 Å². The van der Waals surface area contributed by atoms with E-state index in [1.165, 1.54) is 5.56 Å². The average molecular weight is 267 g/mol. The van der Waals surface area contributed by atoms with E-state index >= 15 is 0 Å². The second-order valence-corrected chi connectivity index (χ2v) is 4.42. The van der Waals surface area contributed by atoms with Crippen LogP contribution in [0, 0.1) is 6.92 Å². The van der Waals surface area contributed by atoms with Crippen LogP contribution >= 0.6 is 15.9 Å². The Morgan fingerprint density at radius 2 is 2.33 bits per heavy atom. The lowest BCUT2D eigenvalue weighted by molar-refractivity contribution is -0.519. The molecule has 0 aliphatic carbocycles. The van der Waals surface area contributed by atoms with E-state index in [0.29, 0.717) is 13.0 Å². The third-order valence-corrected chi connectivity index (χ3v) is 2.93. The molecule has 0 aromatic heterocycles. The first kappa shape index (κ1) is 10.4. The molecule has 1 aliphatic rings. The molecule has 1 heterocycles. The van der Waals surface area contributed by atoms with Crippen molar-refractivity contribution < 1.29 is 9.79 Å². The standard InChI is InChI=1S/C11H11BrN2O/c1-8-2-3-9(10(12)6-8)7-14-5-4-11(15)13-14/h2-3,6-7H,4-5H2,1H3/b14-7-. The van der Waals surface area contributed by atoms with Gasteiger partial charge in [-0.2, -0.15) is 0 Å². The molecule has 0 bridgehead atoms. The highest BCUT2D eigenvalue weighted by Crippen LogP contribution is 2.16. The van der Waals surface area contributed by atoms with E-state index in [1.54, 1.807) is 4.68 Å². The molecular weight excluding hydrogens is 256 g/mol. The molecule has 0 amide bonds. The normalized spacial score (nSPS) is 18.3. The number of aryl methyl sites for hydroxylation is 1.